The maximum Gasteiger partial charge on any atom is 3.00 e. The molecule has 7 aromatic heterocycles. The largest absolute Gasteiger partial charge is 3.00 e. The molecular weight excluding hydrogens is 927 g/mol. The summed E-state index contributed by atoms with van der Waals surface area (Å²) in [6.45, 7) is 4.97. The molecule has 2 aliphatic heterocycles. The van der Waals surface area contributed by atoms with Gasteiger partial charge in [-0.25, -0.2) is 14.5 Å². The average molecular weight is 982 g/mol. The number of fused-ring (bicyclic) bond motifs is 8. The molecule has 67 heavy (non-hydrogen) atoms. The number of nitrogens with zero attached hydrogens (tertiary/aromatic N) is 6. The summed E-state index contributed by atoms with van der Waals surface area (Å²) in [7, 11) is 6.94. The number of H-pyrrole nitrogens is 2. The molecule has 2 N–H and O–H groups in total. The summed E-state index contributed by atoms with van der Waals surface area (Å²) >= 11 is 0. The molecule has 0 unspecified atom stereocenters. The van der Waals surface area contributed by atoms with Crippen LogP contribution >= 0.6 is 0 Å². The van der Waals surface area contributed by atoms with Gasteiger partial charge in [-0.3, -0.25) is 0 Å². The Kier molecular flexibility index (Phi) is 17.9. The van der Waals surface area contributed by atoms with E-state index in [1.54, 1.807) is 28.4 Å². The van der Waals surface area contributed by atoms with Crippen molar-refractivity contribution >= 4 is 46.4 Å². The molecule has 0 saturated heterocycles. The van der Waals surface area contributed by atoms with Gasteiger partial charge in [-0.05, 0) is 72.8 Å². The van der Waals surface area contributed by atoms with Crippen molar-refractivity contribution in [2.45, 2.75) is 26.2 Å². The van der Waals surface area contributed by atoms with E-state index in [4.69, 9.17) is 28.9 Å². The summed E-state index contributed by atoms with van der Waals surface area (Å²) in [6, 6.07) is 31.7. The van der Waals surface area contributed by atoms with Crippen LogP contribution in [0.2, 0.25) is 0 Å². The first-order chi connectivity index (χ1) is 31.6. The Labute approximate surface area is 413 Å². The second-order valence-corrected chi connectivity index (χ2v) is 15.6. The van der Waals surface area contributed by atoms with Crippen LogP contribution in [0.3, 0.4) is 0 Å². The van der Waals surface area contributed by atoms with Crippen LogP contribution in [0.5, 0.6) is 0 Å². The zero-order valence-electron chi connectivity index (χ0n) is 37.9. The van der Waals surface area contributed by atoms with Crippen LogP contribution in [0.4, 0.5) is 0 Å². The van der Waals surface area contributed by atoms with Gasteiger partial charge in [0.1, 0.15) is 26.4 Å². The van der Waals surface area contributed by atoms with Gasteiger partial charge in [-0.15, -0.1) is 0 Å². The number of rotatable bonds is 16. The summed E-state index contributed by atoms with van der Waals surface area (Å²) in [5.74, 6) is 0. The van der Waals surface area contributed by atoms with Gasteiger partial charge in [0, 0.05) is 87.5 Å². The van der Waals surface area contributed by atoms with Crippen molar-refractivity contribution in [2.24, 2.45) is 0 Å². The molecule has 0 amide bonds. The van der Waals surface area contributed by atoms with Crippen LogP contribution in [0.25, 0.3) is 91.3 Å². The van der Waals surface area contributed by atoms with E-state index >= 15 is 0 Å². The van der Waals surface area contributed by atoms with Gasteiger partial charge in [0.2, 0.25) is 17.1 Å². The third-order valence-electron chi connectivity index (χ3n) is 11.7. The normalized spacial score (nSPS) is 11.5. The van der Waals surface area contributed by atoms with Crippen molar-refractivity contribution in [3.63, 3.8) is 0 Å². The number of aromatic amines is 2. The van der Waals surface area contributed by atoms with Gasteiger partial charge >= 0.3 is 17.1 Å². The molecule has 0 atom stereocenters. The molecule has 0 aromatic carbocycles. The van der Waals surface area contributed by atoms with Gasteiger partial charge in [-0.2, -0.15) is 13.7 Å². The van der Waals surface area contributed by atoms with E-state index in [-0.39, 0.29) is 41.9 Å². The van der Waals surface area contributed by atoms with Crippen molar-refractivity contribution in [3.05, 3.63) is 145 Å². The minimum atomic E-state index is 0. The molecule has 1 radical (unpaired) electrons. The first-order valence-corrected chi connectivity index (χ1v) is 21.7. The number of halogens is 2. The number of methoxy groups -OCH3 is 4. The summed E-state index contributed by atoms with van der Waals surface area (Å²) in [5, 5.41) is 0. The Morgan fingerprint density at radius 1 is 0.418 bits per heavy atom. The Balaban J connectivity index is 0.00000247. The number of hydrogen-bond acceptors (Lipinski definition) is 6. The molecule has 0 aliphatic carbocycles. The van der Waals surface area contributed by atoms with Crippen LogP contribution in [0, 0.1) is 0 Å². The van der Waals surface area contributed by atoms with E-state index < -0.39 is 0 Å². The van der Waals surface area contributed by atoms with Crippen LogP contribution in [0.15, 0.2) is 122 Å². The van der Waals surface area contributed by atoms with E-state index in [0.29, 0.717) is 52.6 Å². The standard InChI is InChI=1S/C52H53N8O4.2ClH.Fe/c1-61-32-28-57-24-11-12-37(36-57)49-38-16-18-40(53-38)50(46-13-5-8-25-58(46)29-33-62-2)42-20-22-44(55-42)52(48-15-7-10-27-60(48)31-35-64-4)45-23-21-43(56-45)51(41-19-17-39(49)54-41)47-14-6-9-26-59(47)30-34-63-3;;;/h5-27,36H,28-35H2,1-4H3,(H,53,54,55,56);2*1H;/q+3;;;+3/p-1. The number of pyridine rings is 4. The fourth-order valence-corrected chi connectivity index (χ4v) is 8.59. The summed E-state index contributed by atoms with van der Waals surface area (Å²) in [6.07, 6.45) is 19.1. The fraction of sp³-hybridized carbons (Fsp3) is 0.231. The zero-order chi connectivity index (χ0) is 43.8. The molecule has 12 nitrogen and oxygen atoms in total. The van der Waals surface area contributed by atoms with E-state index in [9.17, 15) is 0 Å². The van der Waals surface area contributed by atoms with Crippen LogP contribution in [-0.4, -0.2) is 74.8 Å². The molecule has 8 bridgehead atoms. The monoisotopic (exact) mass is 980 g/mol. The third kappa shape index (κ3) is 10.8. The van der Waals surface area contributed by atoms with E-state index in [0.717, 1.165) is 89.7 Å². The molecule has 0 fully saturated rings. The topological polar surface area (TPSA) is 110 Å². The van der Waals surface area contributed by atoms with Crippen LogP contribution in [-0.2, 0) is 62.2 Å². The predicted octanol–water partition coefficient (Wildman–Crippen LogP) is 1.06. The minimum Gasteiger partial charge on any atom is -1.00 e. The maximum absolute atomic E-state index is 5.59. The molecular formula is C52H54Cl2FeN8O4+5. The van der Waals surface area contributed by atoms with Crippen molar-refractivity contribution in [2.75, 3.05) is 54.9 Å². The van der Waals surface area contributed by atoms with Crippen molar-refractivity contribution in [1.82, 2.24) is 19.9 Å². The molecule has 9 heterocycles. The van der Waals surface area contributed by atoms with Crippen molar-refractivity contribution < 1.29 is 79.1 Å². The molecule has 0 saturated carbocycles. The first kappa shape index (κ1) is 50.5. The van der Waals surface area contributed by atoms with Gasteiger partial charge < -0.3 is 53.7 Å². The average Bonchev–Trinajstić information content (AvgIpc) is 4.18. The van der Waals surface area contributed by atoms with Crippen molar-refractivity contribution in [1.29, 1.82) is 0 Å². The van der Waals surface area contributed by atoms with Gasteiger partial charge in [0.25, 0.3) is 0 Å². The van der Waals surface area contributed by atoms with Crippen LogP contribution in [0.1, 0.15) is 22.8 Å². The van der Waals surface area contributed by atoms with Gasteiger partial charge in [0.05, 0.1) is 56.0 Å². The Morgan fingerprint density at radius 3 is 1.16 bits per heavy atom. The maximum atomic E-state index is 5.59. The molecule has 7 aromatic rings. The minimum absolute atomic E-state index is 0. The summed E-state index contributed by atoms with van der Waals surface area (Å²) in [5.41, 5.74) is 14.9. The number of aromatic nitrogens is 8. The third-order valence-corrected chi connectivity index (χ3v) is 11.7. The summed E-state index contributed by atoms with van der Waals surface area (Å²) in [4.78, 5) is 18.9. The number of nitrogens with one attached hydrogen (secondary N) is 2. The van der Waals surface area contributed by atoms with E-state index in [2.05, 4.69) is 175 Å². The first-order valence-electron chi connectivity index (χ1n) is 21.7. The zero-order valence-corrected chi connectivity index (χ0v) is 40.6. The van der Waals surface area contributed by atoms with Gasteiger partial charge in [0.15, 0.2) is 57.2 Å². The van der Waals surface area contributed by atoms with Crippen molar-refractivity contribution in [3.8, 4) is 44.9 Å². The molecule has 343 valence electrons. The Bertz CT molecular complexity index is 3010. The SMILES string of the molecule is COCC[n+]1cccc(-c2c3nc(c(-c4cccc[n+]4CCOC)c4ccc([nH]4)c(-c4cccc[n+]4CCOC)c4nc(c(-c5cccc[n+]5CCOC)c5ccc2[nH]5)C=C4)C=C3)c1.[Cl-].[Cl-].[Fe+3]. The van der Waals surface area contributed by atoms with E-state index in [1.807, 2.05) is 0 Å². The quantitative estimate of drug-likeness (QED) is 0.111. The number of ether oxygens (including phenoxy) is 4. The molecule has 15 heteroatoms. The van der Waals surface area contributed by atoms with Gasteiger partial charge in [-0.1, -0.05) is 0 Å². The Morgan fingerprint density at radius 2 is 0.776 bits per heavy atom. The summed E-state index contributed by atoms with van der Waals surface area (Å²) < 4.78 is 31.1. The molecule has 9 rings (SSSR count). The molecule has 2 aliphatic rings. The predicted molar refractivity (Wildman–Crippen MR) is 249 cm³/mol. The fourth-order valence-electron chi connectivity index (χ4n) is 8.59. The molecule has 0 spiro atoms. The van der Waals surface area contributed by atoms with E-state index in [1.165, 1.54) is 0 Å². The Hall–Kier alpha value is -5.86. The smallest absolute Gasteiger partial charge is 1.00 e. The second-order valence-electron chi connectivity index (χ2n) is 15.6. The number of hydrogen-bond donors (Lipinski definition) is 2. The van der Waals surface area contributed by atoms with Crippen LogP contribution < -0.4 is 43.1 Å². The second kappa shape index (κ2) is 23.7.